The summed E-state index contributed by atoms with van der Waals surface area (Å²) in [6.07, 6.45) is 0. The molecule has 0 aliphatic carbocycles. The Hall–Kier alpha value is -0.650. The highest BCUT2D eigenvalue weighted by Crippen LogP contribution is 2.34. The second kappa shape index (κ2) is 6.68. The van der Waals surface area contributed by atoms with E-state index in [2.05, 4.69) is 37.9 Å². The van der Waals surface area contributed by atoms with Gasteiger partial charge in [-0.1, -0.05) is 15.9 Å². The van der Waals surface area contributed by atoms with Gasteiger partial charge in [-0.3, -0.25) is 0 Å². The molecule has 2 aromatic rings. The second-order valence-electron chi connectivity index (χ2n) is 3.93. The van der Waals surface area contributed by atoms with E-state index < -0.39 is 0 Å². The molecule has 0 unspecified atom stereocenters. The number of methoxy groups -OCH3 is 1. The van der Waals surface area contributed by atoms with Crippen LogP contribution in [0.1, 0.15) is 5.56 Å². The Balaban J connectivity index is 2.16. The van der Waals surface area contributed by atoms with Crippen LogP contribution in [0.25, 0.3) is 0 Å². The molecule has 0 heterocycles. The fourth-order valence-electron chi connectivity index (χ4n) is 1.65. The molecular formula is C14H13Br2NOS. The van der Waals surface area contributed by atoms with Gasteiger partial charge in [-0.05, 0) is 52.3 Å². The van der Waals surface area contributed by atoms with Crippen molar-refractivity contribution in [2.75, 3.05) is 12.8 Å². The highest BCUT2D eigenvalue weighted by Gasteiger charge is 2.07. The Bertz CT molecular complexity index is 590. The topological polar surface area (TPSA) is 35.2 Å². The monoisotopic (exact) mass is 401 g/mol. The van der Waals surface area contributed by atoms with E-state index in [4.69, 9.17) is 10.5 Å². The minimum Gasteiger partial charge on any atom is -0.496 e. The lowest BCUT2D eigenvalue weighted by Crippen LogP contribution is -1.91. The molecule has 0 spiro atoms. The Kier molecular flexibility index (Phi) is 5.19. The summed E-state index contributed by atoms with van der Waals surface area (Å²) in [5.74, 6) is 1.74. The van der Waals surface area contributed by atoms with Crippen LogP contribution in [0, 0.1) is 0 Å². The van der Waals surface area contributed by atoms with E-state index in [0.29, 0.717) is 0 Å². The Morgan fingerprint density at radius 3 is 2.63 bits per heavy atom. The SMILES string of the molecule is COc1ccc(Br)cc1CSc1ccc(N)cc1Br. The van der Waals surface area contributed by atoms with Gasteiger partial charge in [-0.15, -0.1) is 11.8 Å². The first kappa shape index (κ1) is 14.8. The van der Waals surface area contributed by atoms with Crippen LogP contribution in [0.4, 0.5) is 5.69 Å². The zero-order chi connectivity index (χ0) is 13.8. The average Bonchev–Trinajstić information content (AvgIpc) is 2.38. The second-order valence-corrected chi connectivity index (χ2v) is 6.72. The van der Waals surface area contributed by atoms with Gasteiger partial charge in [0.25, 0.3) is 0 Å². The van der Waals surface area contributed by atoms with Crippen LogP contribution >= 0.6 is 43.6 Å². The van der Waals surface area contributed by atoms with Gasteiger partial charge >= 0.3 is 0 Å². The van der Waals surface area contributed by atoms with Crippen LogP contribution in [0.15, 0.2) is 50.2 Å². The quantitative estimate of drug-likeness (QED) is 0.571. The molecule has 100 valence electrons. The Morgan fingerprint density at radius 1 is 1.16 bits per heavy atom. The maximum Gasteiger partial charge on any atom is 0.122 e. The first-order valence-electron chi connectivity index (χ1n) is 5.60. The predicted molar refractivity (Wildman–Crippen MR) is 88.8 cm³/mol. The number of nitrogen functional groups attached to an aromatic ring is 1. The first-order valence-corrected chi connectivity index (χ1v) is 8.17. The summed E-state index contributed by atoms with van der Waals surface area (Å²) in [5, 5.41) is 0. The van der Waals surface area contributed by atoms with E-state index in [1.54, 1.807) is 18.9 Å². The van der Waals surface area contributed by atoms with Crippen LogP contribution in [0.5, 0.6) is 5.75 Å². The van der Waals surface area contributed by atoms with Crippen molar-refractivity contribution in [2.24, 2.45) is 0 Å². The lowest BCUT2D eigenvalue weighted by atomic mass is 10.2. The number of hydrogen-bond donors (Lipinski definition) is 1. The van der Waals surface area contributed by atoms with Gasteiger partial charge < -0.3 is 10.5 Å². The van der Waals surface area contributed by atoms with Crippen LogP contribution in [0.3, 0.4) is 0 Å². The molecule has 0 atom stereocenters. The normalized spacial score (nSPS) is 10.5. The average molecular weight is 403 g/mol. The molecule has 5 heteroatoms. The maximum absolute atomic E-state index is 5.73. The van der Waals surface area contributed by atoms with Gasteiger partial charge in [-0.2, -0.15) is 0 Å². The number of anilines is 1. The molecule has 19 heavy (non-hydrogen) atoms. The molecule has 0 radical (unpaired) electrons. The summed E-state index contributed by atoms with van der Waals surface area (Å²) in [6, 6.07) is 11.9. The summed E-state index contributed by atoms with van der Waals surface area (Å²) in [6.45, 7) is 0. The van der Waals surface area contributed by atoms with Crippen molar-refractivity contribution in [1.82, 2.24) is 0 Å². The first-order chi connectivity index (χ1) is 9.10. The molecule has 0 saturated carbocycles. The third-order valence-electron chi connectivity index (χ3n) is 2.58. The molecule has 0 aliphatic rings. The molecule has 2 nitrogen and oxygen atoms in total. The number of halogens is 2. The van der Waals surface area contributed by atoms with Crippen LogP contribution in [-0.2, 0) is 5.75 Å². The van der Waals surface area contributed by atoms with Crippen LogP contribution in [0.2, 0.25) is 0 Å². The van der Waals surface area contributed by atoms with Gasteiger partial charge in [0.2, 0.25) is 0 Å². The number of ether oxygens (including phenoxy) is 1. The largest absolute Gasteiger partial charge is 0.496 e. The zero-order valence-corrected chi connectivity index (χ0v) is 14.3. The summed E-state index contributed by atoms with van der Waals surface area (Å²) < 4.78 is 7.45. The number of benzene rings is 2. The molecule has 2 aromatic carbocycles. The highest BCUT2D eigenvalue weighted by molar-refractivity contribution is 9.10. The van der Waals surface area contributed by atoms with Crippen LogP contribution in [-0.4, -0.2) is 7.11 Å². The molecule has 2 rings (SSSR count). The number of hydrogen-bond acceptors (Lipinski definition) is 3. The van der Waals surface area contributed by atoms with Gasteiger partial charge in [0.15, 0.2) is 0 Å². The Morgan fingerprint density at radius 2 is 1.95 bits per heavy atom. The fourth-order valence-corrected chi connectivity index (χ4v) is 3.70. The molecule has 0 amide bonds. The molecule has 0 aliphatic heterocycles. The van der Waals surface area contributed by atoms with E-state index in [9.17, 15) is 0 Å². The van der Waals surface area contributed by atoms with E-state index >= 15 is 0 Å². The lowest BCUT2D eigenvalue weighted by molar-refractivity contribution is 0.411. The minimum absolute atomic E-state index is 0.760. The molecule has 0 aromatic heterocycles. The molecular weight excluding hydrogens is 390 g/mol. The number of nitrogens with two attached hydrogens (primary N) is 1. The summed E-state index contributed by atoms with van der Waals surface area (Å²) in [7, 11) is 1.69. The molecule has 0 saturated heterocycles. The third kappa shape index (κ3) is 3.91. The number of thioether (sulfide) groups is 1. The van der Waals surface area contributed by atoms with E-state index in [-0.39, 0.29) is 0 Å². The highest BCUT2D eigenvalue weighted by atomic mass is 79.9. The van der Waals surface area contributed by atoms with Crippen molar-refractivity contribution in [3.05, 3.63) is 50.9 Å². The van der Waals surface area contributed by atoms with Crippen molar-refractivity contribution >= 4 is 49.3 Å². The van der Waals surface area contributed by atoms with Crippen molar-refractivity contribution < 1.29 is 4.74 Å². The molecule has 0 fully saturated rings. The van der Waals surface area contributed by atoms with Crippen molar-refractivity contribution in [3.8, 4) is 5.75 Å². The summed E-state index contributed by atoms with van der Waals surface area (Å²) in [5.41, 5.74) is 7.65. The van der Waals surface area contributed by atoms with Gasteiger partial charge in [0.1, 0.15) is 5.75 Å². The van der Waals surface area contributed by atoms with E-state index in [1.807, 2.05) is 30.3 Å². The smallest absolute Gasteiger partial charge is 0.122 e. The van der Waals surface area contributed by atoms with Crippen LogP contribution < -0.4 is 10.5 Å². The number of rotatable bonds is 4. The maximum atomic E-state index is 5.73. The molecule has 2 N–H and O–H groups in total. The summed E-state index contributed by atoms with van der Waals surface area (Å²) >= 11 is 8.76. The van der Waals surface area contributed by atoms with Gasteiger partial charge in [0, 0.05) is 30.8 Å². The molecule has 0 bridgehead atoms. The standard InChI is InChI=1S/C14H13Br2NOS/c1-18-13-4-2-10(15)6-9(13)8-19-14-5-3-11(17)7-12(14)16/h2-7H,8,17H2,1H3. The summed E-state index contributed by atoms with van der Waals surface area (Å²) in [4.78, 5) is 1.16. The zero-order valence-electron chi connectivity index (χ0n) is 10.3. The van der Waals surface area contributed by atoms with Gasteiger partial charge in [0.05, 0.1) is 7.11 Å². The lowest BCUT2D eigenvalue weighted by Gasteiger charge is -2.10. The third-order valence-corrected chi connectivity index (χ3v) is 5.12. The van der Waals surface area contributed by atoms with E-state index in [1.165, 1.54) is 0 Å². The van der Waals surface area contributed by atoms with Crippen molar-refractivity contribution in [2.45, 2.75) is 10.6 Å². The van der Waals surface area contributed by atoms with Crippen molar-refractivity contribution in [3.63, 3.8) is 0 Å². The fraction of sp³-hybridized carbons (Fsp3) is 0.143. The van der Waals surface area contributed by atoms with E-state index in [0.717, 1.165) is 36.6 Å². The van der Waals surface area contributed by atoms with Gasteiger partial charge in [-0.25, -0.2) is 0 Å². The predicted octanol–water partition coefficient (Wildman–Crippen LogP) is 5.09. The minimum atomic E-state index is 0.760. The van der Waals surface area contributed by atoms with Crippen molar-refractivity contribution in [1.29, 1.82) is 0 Å². The Labute approximate surface area is 134 Å².